The van der Waals surface area contributed by atoms with Gasteiger partial charge >= 0.3 is 10.2 Å². The quantitative estimate of drug-likeness (QED) is 0.698. The van der Waals surface area contributed by atoms with Crippen molar-refractivity contribution in [2.45, 2.75) is 45.6 Å². The summed E-state index contributed by atoms with van der Waals surface area (Å²) in [6.07, 6.45) is 4.25. The highest BCUT2D eigenvalue weighted by atomic mass is 32.2. The highest BCUT2D eigenvalue weighted by molar-refractivity contribution is 7.90. The first kappa shape index (κ1) is 22.8. The number of nitrogens with zero attached hydrogens (tertiary/aromatic N) is 4. The molecule has 0 radical (unpaired) electrons. The van der Waals surface area contributed by atoms with Crippen LogP contribution in [0.15, 0.2) is 30.5 Å². The zero-order chi connectivity index (χ0) is 22.1. The van der Waals surface area contributed by atoms with Crippen LogP contribution >= 0.6 is 0 Å². The molecule has 166 valence electrons. The van der Waals surface area contributed by atoms with Crippen molar-refractivity contribution in [2.24, 2.45) is 5.92 Å². The maximum atomic E-state index is 12.5. The molecule has 7 nitrogen and oxygen atoms in total. The third kappa shape index (κ3) is 4.87. The summed E-state index contributed by atoms with van der Waals surface area (Å²) < 4.78 is 35.3. The van der Waals surface area contributed by atoms with Crippen molar-refractivity contribution in [2.75, 3.05) is 38.7 Å². The summed E-state index contributed by atoms with van der Waals surface area (Å²) in [5.74, 6) is 1.63. The fourth-order valence-electron chi connectivity index (χ4n) is 3.74. The lowest BCUT2D eigenvalue weighted by Gasteiger charge is -2.25. The third-order valence-corrected chi connectivity index (χ3v) is 7.38. The fraction of sp³-hybridized carbons (Fsp3) is 0.591. The lowest BCUT2D eigenvalue weighted by Crippen LogP contribution is -2.37. The topological polar surface area (TPSA) is 67.7 Å². The minimum atomic E-state index is -3.55. The van der Waals surface area contributed by atoms with Gasteiger partial charge in [0.25, 0.3) is 0 Å². The minimum Gasteiger partial charge on any atom is -0.381 e. The minimum absolute atomic E-state index is 0.0912. The number of ether oxygens (including phenoxy) is 1. The third-order valence-electron chi connectivity index (χ3n) is 5.56. The van der Waals surface area contributed by atoms with E-state index in [2.05, 4.69) is 31.5 Å². The number of benzene rings is 1. The van der Waals surface area contributed by atoms with Crippen LogP contribution in [0.2, 0.25) is 0 Å². The fourth-order valence-corrected chi connectivity index (χ4v) is 4.61. The van der Waals surface area contributed by atoms with Crippen molar-refractivity contribution < 1.29 is 13.2 Å². The zero-order valence-corrected chi connectivity index (χ0v) is 19.7. The molecule has 0 bridgehead atoms. The standard InChI is InChI=1S/C22H34N4O3S/c1-22(2,3)21-23-20(16-26(21)15-17-10-12-29-13-11-17)18-8-7-9-19(14-18)25(6)30(27,28)24(4)5/h7-9,14,16-17H,10-13,15H2,1-6H3. The molecule has 30 heavy (non-hydrogen) atoms. The zero-order valence-electron chi connectivity index (χ0n) is 18.9. The van der Waals surface area contributed by atoms with Gasteiger partial charge in [-0.25, -0.2) is 4.98 Å². The first-order chi connectivity index (χ1) is 14.0. The Balaban J connectivity index is 1.96. The molecule has 0 N–H and O–H groups in total. The van der Waals surface area contributed by atoms with E-state index in [1.807, 2.05) is 18.2 Å². The molecule has 2 aromatic rings. The smallest absolute Gasteiger partial charge is 0.303 e. The summed E-state index contributed by atoms with van der Waals surface area (Å²) in [5.41, 5.74) is 2.29. The summed E-state index contributed by atoms with van der Waals surface area (Å²) in [5, 5.41) is 0. The molecular formula is C22H34N4O3S. The van der Waals surface area contributed by atoms with E-state index in [1.165, 1.54) is 22.7 Å². The molecular weight excluding hydrogens is 400 g/mol. The van der Waals surface area contributed by atoms with Gasteiger partial charge in [0.1, 0.15) is 5.82 Å². The Morgan fingerprint density at radius 1 is 1.17 bits per heavy atom. The van der Waals surface area contributed by atoms with E-state index >= 15 is 0 Å². The van der Waals surface area contributed by atoms with Crippen LogP contribution in [-0.2, 0) is 26.9 Å². The number of anilines is 1. The molecule has 0 amide bonds. The van der Waals surface area contributed by atoms with Crippen molar-refractivity contribution >= 4 is 15.9 Å². The molecule has 2 heterocycles. The normalized spacial score (nSPS) is 16.2. The molecule has 1 fully saturated rings. The van der Waals surface area contributed by atoms with Crippen molar-refractivity contribution in [1.82, 2.24) is 13.9 Å². The molecule has 0 unspecified atom stereocenters. The van der Waals surface area contributed by atoms with Gasteiger partial charge in [0.15, 0.2) is 0 Å². The van der Waals surface area contributed by atoms with Crippen molar-refractivity contribution in [3.05, 3.63) is 36.3 Å². The van der Waals surface area contributed by atoms with E-state index in [4.69, 9.17) is 9.72 Å². The second-order valence-corrected chi connectivity index (χ2v) is 11.4. The van der Waals surface area contributed by atoms with Gasteiger partial charge in [-0.05, 0) is 30.9 Å². The van der Waals surface area contributed by atoms with E-state index in [0.717, 1.165) is 49.7 Å². The lowest BCUT2D eigenvalue weighted by atomic mass is 9.94. The van der Waals surface area contributed by atoms with Crippen molar-refractivity contribution in [3.8, 4) is 11.3 Å². The molecule has 1 aromatic carbocycles. The molecule has 1 aliphatic heterocycles. The van der Waals surface area contributed by atoms with Gasteiger partial charge in [0.2, 0.25) is 0 Å². The van der Waals surface area contributed by atoms with Gasteiger partial charge in [-0.2, -0.15) is 12.7 Å². The van der Waals surface area contributed by atoms with Crippen LogP contribution in [0.4, 0.5) is 5.69 Å². The Hall–Kier alpha value is -1.90. The van der Waals surface area contributed by atoms with Crippen LogP contribution in [0.3, 0.4) is 0 Å². The summed E-state index contributed by atoms with van der Waals surface area (Å²) in [4.78, 5) is 4.97. The van der Waals surface area contributed by atoms with E-state index in [1.54, 1.807) is 13.1 Å². The summed E-state index contributed by atoms with van der Waals surface area (Å²) in [6, 6.07) is 7.54. The predicted octanol–water partition coefficient (Wildman–Crippen LogP) is 3.52. The maximum Gasteiger partial charge on any atom is 0.303 e. The van der Waals surface area contributed by atoms with Gasteiger partial charge in [-0.3, -0.25) is 4.31 Å². The molecule has 8 heteroatoms. The van der Waals surface area contributed by atoms with Crippen LogP contribution in [-0.4, -0.2) is 56.6 Å². The molecule has 0 aliphatic carbocycles. The number of imidazole rings is 1. The van der Waals surface area contributed by atoms with Gasteiger partial charge in [-0.15, -0.1) is 0 Å². The van der Waals surface area contributed by atoms with Gasteiger partial charge < -0.3 is 9.30 Å². The molecule has 1 aliphatic rings. The van der Waals surface area contributed by atoms with Crippen LogP contribution < -0.4 is 4.31 Å². The van der Waals surface area contributed by atoms with Crippen LogP contribution in [0.5, 0.6) is 0 Å². The second-order valence-electron chi connectivity index (χ2n) is 9.22. The highest BCUT2D eigenvalue weighted by Gasteiger charge is 2.25. The van der Waals surface area contributed by atoms with Gasteiger partial charge in [0.05, 0.1) is 11.4 Å². The maximum absolute atomic E-state index is 12.5. The molecule has 0 spiro atoms. The van der Waals surface area contributed by atoms with Gasteiger partial charge in [-0.1, -0.05) is 32.9 Å². The SMILES string of the molecule is CN(C)S(=O)(=O)N(C)c1cccc(-c2cn(CC3CCOCC3)c(C(C)(C)C)n2)c1. The monoisotopic (exact) mass is 434 g/mol. The van der Waals surface area contributed by atoms with Crippen molar-refractivity contribution in [1.29, 1.82) is 0 Å². The Bertz CT molecular complexity index is 971. The Labute approximate surface area is 180 Å². The molecule has 1 aromatic heterocycles. The summed E-state index contributed by atoms with van der Waals surface area (Å²) in [6.45, 7) is 9.10. The number of hydrogen-bond donors (Lipinski definition) is 0. The number of hydrogen-bond acceptors (Lipinski definition) is 4. The summed E-state index contributed by atoms with van der Waals surface area (Å²) in [7, 11) is 1.09. The van der Waals surface area contributed by atoms with E-state index < -0.39 is 10.2 Å². The number of rotatable bonds is 6. The molecule has 0 atom stereocenters. The van der Waals surface area contributed by atoms with Gasteiger partial charge in [0, 0.05) is 58.1 Å². The van der Waals surface area contributed by atoms with E-state index in [0.29, 0.717) is 11.6 Å². The summed E-state index contributed by atoms with van der Waals surface area (Å²) >= 11 is 0. The largest absolute Gasteiger partial charge is 0.381 e. The second kappa shape index (κ2) is 8.69. The van der Waals surface area contributed by atoms with Crippen LogP contribution in [0.25, 0.3) is 11.3 Å². The Morgan fingerprint density at radius 3 is 2.43 bits per heavy atom. The molecule has 1 saturated heterocycles. The first-order valence-corrected chi connectivity index (χ1v) is 11.8. The predicted molar refractivity (Wildman–Crippen MR) is 121 cm³/mol. The number of aromatic nitrogens is 2. The first-order valence-electron chi connectivity index (χ1n) is 10.4. The Kier molecular flexibility index (Phi) is 6.60. The molecule has 0 saturated carbocycles. The Morgan fingerprint density at radius 2 is 1.83 bits per heavy atom. The van der Waals surface area contributed by atoms with Crippen LogP contribution in [0.1, 0.15) is 39.4 Å². The van der Waals surface area contributed by atoms with Crippen LogP contribution in [0, 0.1) is 5.92 Å². The van der Waals surface area contributed by atoms with E-state index in [-0.39, 0.29) is 5.41 Å². The highest BCUT2D eigenvalue weighted by Crippen LogP contribution is 2.30. The molecule has 3 rings (SSSR count). The average Bonchev–Trinajstić information content (AvgIpc) is 3.12. The average molecular weight is 435 g/mol. The van der Waals surface area contributed by atoms with Crippen molar-refractivity contribution in [3.63, 3.8) is 0 Å². The lowest BCUT2D eigenvalue weighted by molar-refractivity contribution is 0.0608. The van der Waals surface area contributed by atoms with E-state index in [9.17, 15) is 8.42 Å².